The number of aliphatic hydroxyl groups is 1. The molecular formula is C18H21NO. The molecule has 0 bridgehead atoms. The molecular weight excluding hydrogens is 246 g/mol. The molecule has 2 heteroatoms. The largest absolute Gasteiger partial charge is 0.392 e. The zero-order valence-electron chi connectivity index (χ0n) is 11.7. The molecule has 2 aromatic carbocycles. The van der Waals surface area contributed by atoms with Crippen LogP contribution in [0.1, 0.15) is 24.0 Å². The Morgan fingerprint density at radius 3 is 2.00 bits per heavy atom. The summed E-state index contributed by atoms with van der Waals surface area (Å²) in [6.45, 7) is 1.27. The molecule has 20 heavy (non-hydrogen) atoms. The van der Waals surface area contributed by atoms with Gasteiger partial charge in [0.1, 0.15) is 0 Å². The number of benzene rings is 2. The van der Waals surface area contributed by atoms with E-state index < -0.39 is 0 Å². The summed E-state index contributed by atoms with van der Waals surface area (Å²) in [5, 5.41) is 12.6. The van der Waals surface area contributed by atoms with E-state index in [4.69, 9.17) is 5.11 Å². The second kappa shape index (κ2) is 6.21. The lowest BCUT2D eigenvalue weighted by atomic mass is 9.99. The SMILES string of the molecule is OCc1ccc(-c2ccc(C[C@@H]3CCCN3)cc2)cc1. The lowest BCUT2D eigenvalue weighted by Gasteiger charge is -2.10. The van der Waals surface area contributed by atoms with Crippen LogP contribution >= 0.6 is 0 Å². The topological polar surface area (TPSA) is 32.3 Å². The summed E-state index contributed by atoms with van der Waals surface area (Å²) in [7, 11) is 0. The molecule has 1 heterocycles. The molecule has 1 fully saturated rings. The van der Waals surface area contributed by atoms with Gasteiger partial charge in [0.25, 0.3) is 0 Å². The second-order valence-corrected chi connectivity index (χ2v) is 5.55. The molecule has 1 aliphatic rings. The van der Waals surface area contributed by atoms with Crippen molar-refractivity contribution in [2.75, 3.05) is 6.54 Å². The summed E-state index contributed by atoms with van der Waals surface area (Å²) in [6, 6.07) is 17.6. The summed E-state index contributed by atoms with van der Waals surface area (Å²) in [5.41, 5.74) is 4.79. The standard InChI is InChI=1S/C18H21NO/c20-13-15-5-9-17(10-6-15)16-7-3-14(4-8-16)12-18-2-1-11-19-18/h3-10,18-20H,1-2,11-13H2/t18-/m0/s1. The third kappa shape index (κ3) is 3.09. The van der Waals surface area contributed by atoms with E-state index in [9.17, 15) is 0 Å². The molecule has 0 aromatic heterocycles. The normalized spacial score (nSPS) is 18.4. The van der Waals surface area contributed by atoms with E-state index in [-0.39, 0.29) is 6.61 Å². The van der Waals surface area contributed by atoms with Gasteiger partial charge in [-0.05, 0) is 48.1 Å². The van der Waals surface area contributed by atoms with E-state index in [2.05, 4.69) is 41.7 Å². The predicted molar refractivity (Wildman–Crippen MR) is 82.5 cm³/mol. The smallest absolute Gasteiger partial charge is 0.0681 e. The first-order valence-corrected chi connectivity index (χ1v) is 7.37. The van der Waals surface area contributed by atoms with E-state index in [0.29, 0.717) is 6.04 Å². The van der Waals surface area contributed by atoms with E-state index in [1.807, 2.05) is 12.1 Å². The van der Waals surface area contributed by atoms with Gasteiger partial charge in [0.05, 0.1) is 6.61 Å². The maximum absolute atomic E-state index is 9.07. The molecule has 3 rings (SSSR count). The van der Waals surface area contributed by atoms with E-state index in [1.54, 1.807) is 0 Å². The third-order valence-electron chi connectivity index (χ3n) is 4.07. The van der Waals surface area contributed by atoms with Crippen LogP contribution in [0.15, 0.2) is 48.5 Å². The van der Waals surface area contributed by atoms with Crippen molar-refractivity contribution in [2.24, 2.45) is 0 Å². The van der Waals surface area contributed by atoms with Crippen molar-refractivity contribution in [3.05, 3.63) is 59.7 Å². The highest BCUT2D eigenvalue weighted by Crippen LogP contribution is 2.21. The molecule has 1 saturated heterocycles. The van der Waals surface area contributed by atoms with Gasteiger partial charge in [-0.2, -0.15) is 0 Å². The Kier molecular flexibility index (Phi) is 4.14. The lowest BCUT2D eigenvalue weighted by Crippen LogP contribution is -2.23. The van der Waals surface area contributed by atoms with Gasteiger partial charge < -0.3 is 10.4 Å². The number of hydrogen-bond acceptors (Lipinski definition) is 2. The van der Waals surface area contributed by atoms with Crippen LogP contribution in [0.25, 0.3) is 11.1 Å². The summed E-state index contributed by atoms with van der Waals surface area (Å²) in [5.74, 6) is 0. The number of hydrogen-bond donors (Lipinski definition) is 2. The van der Waals surface area contributed by atoms with Gasteiger partial charge in [-0.15, -0.1) is 0 Å². The number of rotatable bonds is 4. The van der Waals surface area contributed by atoms with Crippen molar-refractivity contribution in [3.8, 4) is 11.1 Å². The van der Waals surface area contributed by atoms with Crippen molar-refractivity contribution >= 4 is 0 Å². The Bertz CT molecular complexity index is 539. The molecule has 1 aliphatic heterocycles. The molecule has 0 radical (unpaired) electrons. The van der Waals surface area contributed by atoms with Crippen molar-refractivity contribution in [1.29, 1.82) is 0 Å². The second-order valence-electron chi connectivity index (χ2n) is 5.55. The quantitative estimate of drug-likeness (QED) is 0.892. The minimum atomic E-state index is 0.105. The highest BCUT2D eigenvalue weighted by Gasteiger charge is 2.14. The van der Waals surface area contributed by atoms with Crippen LogP contribution in [0.2, 0.25) is 0 Å². The van der Waals surface area contributed by atoms with Crippen molar-refractivity contribution in [2.45, 2.75) is 31.9 Å². The van der Waals surface area contributed by atoms with Crippen LogP contribution < -0.4 is 5.32 Å². The maximum atomic E-state index is 9.07. The van der Waals surface area contributed by atoms with Crippen molar-refractivity contribution < 1.29 is 5.11 Å². The van der Waals surface area contributed by atoms with Crippen LogP contribution in [0.4, 0.5) is 0 Å². The van der Waals surface area contributed by atoms with Crippen LogP contribution in [-0.2, 0) is 13.0 Å². The van der Waals surface area contributed by atoms with Crippen molar-refractivity contribution in [3.63, 3.8) is 0 Å². The molecule has 0 aliphatic carbocycles. The Morgan fingerprint density at radius 2 is 1.50 bits per heavy atom. The minimum Gasteiger partial charge on any atom is -0.392 e. The molecule has 0 saturated carbocycles. The van der Waals surface area contributed by atoms with Gasteiger partial charge in [0, 0.05) is 6.04 Å². The zero-order chi connectivity index (χ0) is 13.8. The van der Waals surface area contributed by atoms with Gasteiger partial charge in [-0.25, -0.2) is 0 Å². The summed E-state index contributed by atoms with van der Waals surface area (Å²) >= 11 is 0. The Balaban J connectivity index is 1.71. The molecule has 0 spiro atoms. The number of nitrogens with one attached hydrogen (secondary N) is 1. The van der Waals surface area contributed by atoms with Gasteiger partial charge in [0.2, 0.25) is 0 Å². The summed E-state index contributed by atoms with van der Waals surface area (Å²) < 4.78 is 0. The van der Waals surface area contributed by atoms with E-state index >= 15 is 0 Å². The average Bonchev–Trinajstić information content (AvgIpc) is 3.01. The van der Waals surface area contributed by atoms with Crippen LogP contribution in [0.3, 0.4) is 0 Å². The zero-order valence-corrected chi connectivity index (χ0v) is 11.7. The summed E-state index contributed by atoms with van der Waals surface area (Å²) in [6.07, 6.45) is 3.73. The minimum absolute atomic E-state index is 0.105. The van der Waals surface area contributed by atoms with E-state index in [0.717, 1.165) is 12.0 Å². The first-order chi connectivity index (χ1) is 9.85. The van der Waals surface area contributed by atoms with Gasteiger partial charge in [-0.1, -0.05) is 48.5 Å². The average molecular weight is 267 g/mol. The molecule has 1 atom stereocenters. The van der Waals surface area contributed by atoms with Crippen LogP contribution in [0.5, 0.6) is 0 Å². The Labute approximate surface area is 120 Å². The highest BCUT2D eigenvalue weighted by atomic mass is 16.3. The monoisotopic (exact) mass is 267 g/mol. The lowest BCUT2D eigenvalue weighted by molar-refractivity contribution is 0.282. The van der Waals surface area contributed by atoms with Crippen molar-refractivity contribution in [1.82, 2.24) is 5.32 Å². The summed E-state index contributed by atoms with van der Waals surface area (Å²) in [4.78, 5) is 0. The molecule has 2 aromatic rings. The van der Waals surface area contributed by atoms with Gasteiger partial charge in [0.15, 0.2) is 0 Å². The number of aliphatic hydroxyl groups excluding tert-OH is 1. The maximum Gasteiger partial charge on any atom is 0.0681 e. The fourth-order valence-electron chi connectivity index (χ4n) is 2.85. The van der Waals surface area contributed by atoms with Gasteiger partial charge in [-0.3, -0.25) is 0 Å². The molecule has 2 nitrogen and oxygen atoms in total. The fraction of sp³-hybridized carbons (Fsp3) is 0.333. The molecule has 104 valence electrons. The molecule has 2 N–H and O–H groups in total. The molecule has 0 amide bonds. The molecule has 0 unspecified atom stereocenters. The highest BCUT2D eigenvalue weighted by molar-refractivity contribution is 5.63. The predicted octanol–water partition coefficient (Wildman–Crippen LogP) is 3.14. The fourth-order valence-corrected chi connectivity index (χ4v) is 2.85. The van der Waals surface area contributed by atoms with Crippen LogP contribution in [-0.4, -0.2) is 17.7 Å². The third-order valence-corrected chi connectivity index (χ3v) is 4.07. The van der Waals surface area contributed by atoms with E-state index in [1.165, 1.54) is 36.1 Å². The van der Waals surface area contributed by atoms with Crippen LogP contribution in [0, 0.1) is 0 Å². The first-order valence-electron chi connectivity index (χ1n) is 7.37. The van der Waals surface area contributed by atoms with Gasteiger partial charge >= 0.3 is 0 Å². The Hall–Kier alpha value is -1.64. The first kappa shape index (κ1) is 13.3. The Morgan fingerprint density at radius 1 is 0.900 bits per heavy atom.